The number of likely N-dealkylation sites (tertiary alicyclic amines) is 1. The van der Waals surface area contributed by atoms with E-state index in [1.54, 1.807) is 0 Å². The van der Waals surface area contributed by atoms with Crippen molar-refractivity contribution < 1.29 is 17.1 Å². The molecule has 3 aromatic rings. The summed E-state index contributed by atoms with van der Waals surface area (Å²) in [5, 5.41) is 9.46. The van der Waals surface area contributed by atoms with Crippen molar-refractivity contribution in [2.75, 3.05) is 51.1 Å². The molecule has 1 aliphatic heterocycles. The molecule has 7 nitrogen and oxygen atoms in total. The largest absolute Gasteiger partial charge is 1.00 e. The van der Waals surface area contributed by atoms with Crippen molar-refractivity contribution in [2.24, 2.45) is 10.2 Å². The number of imidazole rings is 1. The Morgan fingerprint density at radius 3 is 1.89 bits per heavy atom. The summed E-state index contributed by atoms with van der Waals surface area (Å²) in [6.07, 6.45) is 15.7. The van der Waals surface area contributed by atoms with Gasteiger partial charge in [-0.2, -0.15) is 0 Å². The lowest BCUT2D eigenvalue weighted by molar-refractivity contribution is -0.679. The van der Waals surface area contributed by atoms with Crippen LogP contribution in [0.15, 0.2) is 77.3 Å². The molecule has 0 amide bonds. The lowest BCUT2D eigenvalue weighted by atomic mass is 10.1. The number of hydrogen-bond acceptors (Lipinski definition) is 5. The smallest absolute Gasteiger partial charge is 0.334 e. The van der Waals surface area contributed by atoms with Gasteiger partial charge in [0.15, 0.2) is 12.4 Å². The van der Waals surface area contributed by atoms with E-state index >= 15 is 0 Å². The highest BCUT2D eigenvalue weighted by atomic mass is 35.5. The number of benzene rings is 2. The molecule has 1 fully saturated rings. The molecule has 1 saturated heterocycles. The normalized spacial score (nSPS) is 14.1. The van der Waals surface area contributed by atoms with Gasteiger partial charge in [-0.3, -0.25) is 0 Å². The molecule has 0 radical (unpaired) electrons. The van der Waals surface area contributed by atoms with Crippen molar-refractivity contribution in [3.8, 4) is 0 Å². The highest BCUT2D eigenvalue weighted by molar-refractivity contribution is 5.80. The molecule has 4 rings (SSSR count). The van der Waals surface area contributed by atoms with E-state index in [0.717, 1.165) is 30.0 Å². The van der Waals surface area contributed by atoms with Gasteiger partial charge in [0, 0.05) is 64.9 Å². The summed E-state index contributed by atoms with van der Waals surface area (Å²) in [4.78, 5) is 6.55. The molecule has 2 heterocycles. The molecule has 0 atom stereocenters. The summed E-state index contributed by atoms with van der Waals surface area (Å²) >= 11 is 0. The minimum absolute atomic E-state index is 0. The zero-order valence-corrected chi connectivity index (χ0v) is 22.4. The highest BCUT2D eigenvalue weighted by Gasteiger charge is 2.15. The maximum absolute atomic E-state index is 4.73. The third kappa shape index (κ3) is 7.21. The maximum Gasteiger partial charge on any atom is 0.334 e. The van der Waals surface area contributed by atoms with Crippen molar-refractivity contribution in [3.63, 3.8) is 0 Å². The van der Waals surface area contributed by atoms with E-state index in [4.69, 9.17) is 10.2 Å². The molecule has 0 spiro atoms. The number of hydrogen-bond donors (Lipinski definition) is 0. The Bertz CT molecular complexity index is 1090. The molecule has 0 N–H and O–H groups in total. The van der Waals surface area contributed by atoms with Gasteiger partial charge >= 0.3 is 5.82 Å². The van der Waals surface area contributed by atoms with Crippen molar-refractivity contribution >= 4 is 29.9 Å². The maximum atomic E-state index is 4.73. The van der Waals surface area contributed by atoms with Gasteiger partial charge in [0.1, 0.15) is 0 Å². The first-order valence-electron chi connectivity index (χ1n) is 12.2. The Hall–Kier alpha value is -3.58. The molecular formula is C28H36ClN7. The highest BCUT2D eigenvalue weighted by Crippen LogP contribution is 2.13. The quantitative estimate of drug-likeness (QED) is 0.340. The number of nitrogens with zero attached hydrogens (tertiary/aromatic N) is 7. The first kappa shape index (κ1) is 27.0. The fourth-order valence-electron chi connectivity index (χ4n) is 3.95. The summed E-state index contributed by atoms with van der Waals surface area (Å²) in [5.41, 5.74) is 4.43. The van der Waals surface area contributed by atoms with Crippen LogP contribution in [0.5, 0.6) is 0 Å². The Morgan fingerprint density at radius 2 is 1.33 bits per heavy atom. The van der Waals surface area contributed by atoms with Crippen LogP contribution in [0.2, 0.25) is 0 Å². The minimum atomic E-state index is 0. The van der Waals surface area contributed by atoms with E-state index in [0.29, 0.717) is 0 Å². The Labute approximate surface area is 221 Å². The van der Waals surface area contributed by atoms with Crippen LogP contribution in [0.1, 0.15) is 36.2 Å². The standard InChI is InChI=1S/C28H36N7.ClH/c1-31(2)26-12-8-24(9-13-26)22-29-34-20-21-35(28(34)16-19-33-17-6-5-7-18-33)30-23-25-10-14-27(15-11-25)32(3)4;/h8-16,19-23H,5-7,17-18H2,1-4H3;1H/q+1;/p-1/b29-22+,30-23+;. The van der Waals surface area contributed by atoms with Gasteiger partial charge in [-0.1, -0.05) is 43.8 Å². The van der Waals surface area contributed by atoms with Crippen LogP contribution in [0.3, 0.4) is 0 Å². The Balaban J connectivity index is 0.00000361. The van der Waals surface area contributed by atoms with Gasteiger partial charge in [0.2, 0.25) is 0 Å². The number of anilines is 2. The summed E-state index contributed by atoms with van der Waals surface area (Å²) in [6.45, 7) is 2.19. The van der Waals surface area contributed by atoms with E-state index in [2.05, 4.69) is 75.5 Å². The summed E-state index contributed by atoms with van der Waals surface area (Å²) in [7, 11) is 8.17. The second kappa shape index (κ2) is 12.9. The molecule has 8 heteroatoms. The zero-order chi connectivity index (χ0) is 24.6. The van der Waals surface area contributed by atoms with Crippen LogP contribution in [0, 0.1) is 0 Å². The SMILES string of the molecule is CN(C)c1ccc(/C=N/n2cc[n+](/N=C/c3ccc(N(C)C)cc3)c2/C=C/N2CCCCC2)cc1.[Cl-]. The van der Waals surface area contributed by atoms with Crippen LogP contribution >= 0.6 is 0 Å². The van der Waals surface area contributed by atoms with Gasteiger partial charge in [-0.05, 0) is 54.7 Å². The van der Waals surface area contributed by atoms with Crippen LogP contribution < -0.4 is 26.9 Å². The second-order valence-electron chi connectivity index (χ2n) is 9.22. The number of aromatic nitrogens is 2. The van der Waals surface area contributed by atoms with Crippen LogP contribution in [0.25, 0.3) is 6.08 Å². The van der Waals surface area contributed by atoms with Crippen LogP contribution in [-0.4, -0.2) is 63.3 Å². The van der Waals surface area contributed by atoms with Crippen molar-refractivity contribution in [1.82, 2.24) is 9.58 Å². The molecule has 0 bridgehead atoms. The third-order valence-electron chi connectivity index (χ3n) is 6.12. The molecule has 36 heavy (non-hydrogen) atoms. The lowest BCUT2D eigenvalue weighted by Gasteiger charge is -2.24. The molecule has 0 unspecified atom stereocenters. The monoisotopic (exact) mass is 505 g/mol. The van der Waals surface area contributed by atoms with E-state index in [9.17, 15) is 0 Å². The second-order valence-corrected chi connectivity index (χ2v) is 9.22. The number of rotatable bonds is 8. The predicted octanol–water partition coefficient (Wildman–Crippen LogP) is 1.13. The average molecular weight is 506 g/mol. The molecule has 0 saturated carbocycles. The van der Waals surface area contributed by atoms with Crippen molar-refractivity contribution in [1.29, 1.82) is 0 Å². The lowest BCUT2D eigenvalue weighted by Crippen LogP contribution is -3.00. The van der Waals surface area contributed by atoms with Crippen LogP contribution in [-0.2, 0) is 0 Å². The van der Waals surface area contributed by atoms with Gasteiger partial charge in [-0.15, -0.1) is 0 Å². The topological polar surface area (TPSA) is 43.2 Å². The molecular weight excluding hydrogens is 470 g/mol. The third-order valence-corrected chi connectivity index (χ3v) is 6.12. The molecule has 1 aliphatic rings. The number of piperidine rings is 1. The van der Waals surface area contributed by atoms with Gasteiger partial charge in [0.05, 0.1) is 12.4 Å². The molecule has 0 aliphatic carbocycles. The van der Waals surface area contributed by atoms with E-state index < -0.39 is 0 Å². The van der Waals surface area contributed by atoms with E-state index in [1.165, 1.54) is 30.6 Å². The molecule has 1 aromatic heterocycles. The Kier molecular flexibility index (Phi) is 9.70. The zero-order valence-electron chi connectivity index (χ0n) is 21.6. The predicted molar refractivity (Wildman–Crippen MR) is 147 cm³/mol. The van der Waals surface area contributed by atoms with E-state index in [-0.39, 0.29) is 12.4 Å². The van der Waals surface area contributed by atoms with Gasteiger partial charge < -0.3 is 27.1 Å². The fraction of sp³-hybridized carbons (Fsp3) is 0.321. The summed E-state index contributed by atoms with van der Waals surface area (Å²) in [5.74, 6) is 0.887. The Morgan fingerprint density at radius 1 is 0.778 bits per heavy atom. The van der Waals surface area contributed by atoms with Crippen molar-refractivity contribution in [3.05, 3.63) is 84.1 Å². The average Bonchev–Trinajstić information content (AvgIpc) is 3.27. The van der Waals surface area contributed by atoms with Crippen molar-refractivity contribution in [2.45, 2.75) is 19.3 Å². The summed E-state index contributed by atoms with van der Waals surface area (Å²) in [6, 6.07) is 16.7. The first-order chi connectivity index (χ1) is 17.0. The van der Waals surface area contributed by atoms with Crippen LogP contribution in [0.4, 0.5) is 11.4 Å². The molecule has 2 aromatic carbocycles. The summed E-state index contributed by atoms with van der Waals surface area (Å²) < 4.78 is 3.74. The van der Waals surface area contributed by atoms with E-state index in [1.807, 2.05) is 62.4 Å². The first-order valence-corrected chi connectivity index (χ1v) is 12.2. The fourth-order valence-corrected chi connectivity index (χ4v) is 3.95. The number of halogens is 1. The molecule has 190 valence electrons. The minimum Gasteiger partial charge on any atom is -1.00 e. The van der Waals surface area contributed by atoms with Gasteiger partial charge in [0.25, 0.3) is 0 Å². The van der Waals surface area contributed by atoms with Gasteiger partial charge in [-0.25, -0.2) is 0 Å².